The summed E-state index contributed by atoms with van der Waals surface area (Å²) in [5.41, 5.74) is 6.59. The molecule has 0 atom stereocenters. The Morgan fingerprint density at radius 2 is 2.25 bits per heavy atom. The lowest BCUT2D eigenvalue weighted by atomic mass is 9.78. The number of nitrogens with one attached hydrogen (secondary N) is 1. The van der Waals surface area contributed by atoms with Gasteiger partial charge in [-0.2, -0.15) is 0 Å². The normalized spacial score (nSPS) is 17.6. The van der Waals surface area contributed by atoms with Gasteiger partial charge >= 0.3 is 0 Å². The van der Waals surface area contributed by atoms with E-state index in [0.717, 1.165) is 16.4 Å². The Morgan fingerprint density at radius 3 is 2.81 bits per heavy atom. The summed E-state index contributed by atoms with van der Waals surface area (Å²) >= 11 is 2.20. The van der Waals surface area contributed by atoms with E-state index < -0.39 is 0 Å². The van der Waals surface area contributed by atoms with Gasteiger partial charge in [0.2, 0.25) is 0 Å². The van der Waals surface area contributed by atoms with Crippen molar-refractivity contribution in [2.24, 2.45) is 5.73 Å². The molecule has 1 aliphatic rings. The minimum absolute atomic E-state index is 0.0322. The number of hydrogen-bond acceptors (Lipinski definition) is 2. The number of benzene rings is 1. The van der Waals surface area contributed by atoms with Gasteiger partial charge in [-0.3, -0.25) is 4.79 Å². The average molecular weight is 330 g/mol. The predicted molar refractivity (Wildman–Crippen MR) is 72.3 cm³/mol. The van der Waals surface area contributed by atoms with Crippen LogP contribution < -0.4 is 11.1 Å². The molecule has 1 amide bonds. The van der Waals surface area contributed by atoms with Gasteiger partial charge < -0.3 is 11.1 Å². The zero-order valence-electron chi connectivity index (χ0n) is 9.00. The molecule has 0 aromatic heterocycles. The lowest BCUT2D eigenvalue weighted by Gasteiger charge is -2.38. The molecule has 16 heavy (non-hydrogen) atoms. The van der Waals surface area contributed by atoms with E-state index in [1.165, 1.54) is 6.42 Å². The highest BCUT2D eigenvalue weighted by atomic mass is 127. The van der Waals surface area contributed by atoms with E-state index in [2.05, 4.69) is 27.9 Å². The summed E-state index contributed by atoms with van der Waals surface area (Å²) in [7, 11) is 0. The van der Waals surface area contributed by atoms with Crippen molar-refractivity contribution in [1.29, 1.82) is 0 Å². The quantitative estimate of drug-likeness (QED) is 0.832. The molecule has 1 aromatic rings. The molecule has 0 bridgehead atoms. The van der Waals surface area contributed by atoms with E-state index >= 15 is 0 Å². The molecule has 0 heterocycles. The van der Waals surface area contributed by atoms with Gasteiger partial charge in [0.25, 0.3) is 5.91 Å². The van der Waals surface area contributed by atoms with Crippen LogP contribution in [0.15, 0.2) is 24.3 Å². The Labute approximate surface area is 109 Å². The van der Waals surface area contributed by atoms with Crippen LogP contribution in [-0.4, -0.2) is 18.0 Å². The van der Waals surface area contributed by atoms with Gasteiger partial charge in [0.1, 0.15) is 0 Å². The van der Waals surface area contributed by atoms with Crippen molar-refractivity contribution >= 4 is 28.5 Å². The average Bonchev–Trinajstić information content (AvgIpc) is 2.23. The number of hydrogen-bond donors (Lipinski definition) is 2. The lowest BCUT2D eigenvalue weighted by molar-refractivity contribution is 0.0929. The van der Waals surface area contributed by atoms with Crippen molar-refractivity contribution in [1.82, 2.24) is 5.32 Å². The molecule has 1 aromatic carbocycles. The third-order valence-corrected chi connectivity index (χ3v) is 3.71. The third-order valence-electron chi connectivity index (χ3n) is 3.04. The van der Waals surface area contributed by atoms with Crippen molar-refractivity contribution in [2.45, 2.75) is 24.8 Å². The second-order valence-electron chi connectivity index (χ2n) is 4.41. The highest BCUT2D eigenvalue weighted by Crippen LogP contribution is 2.28. The highest BCUT2D eigenvalue weighted by Gasteiger charge is 2.32. The summed E-state index contributed by atoms with van der Waals surface area (Å²) in [5, 5.41) is 2.90. The first-order valence-corrected chi connectivity index (χ1v) is 6.50. The molecule has 1 fully saturated rings. The van der Waals surface area contributed by atoms with Crippen molar-refractivity contribution in [3.05, 3.63) is 33.4 Å². The van der Waals surface area contributed by atoms with Crippen LogP contribution in [0.25, 0.3) is 0 Å². The topological polar surface area (TPSA) is 55.1 Å². The number of nitrogens with two attached hydrogens (primary N) is 1. The summed E-state index contributed by atoms with van der Waals surface area (Å²) in [5.74, 6) is -0.0322. The molecule has 0 radical (unpaired) electrons. The molecule has 1 aliphatic carbocycles. The molecule has 4 heteroatoms. The summed E-state index contributed by atoms with van der Waals surface area (Å²) in [6.07, 6.45) is 3.20. The number of amides is 1. The van der Waals surface area contributed by atoms with Crippen LogP contribution in [0.4, 0.5) is 0 Å². The van der Waals surface area contributed by atoms with Gasteiger partial charge in [-0.1, -0.05) is 6.07 Å². The molecule has 0 saturated heterocycles. The van der Waals surface area contributed by atoms with Crippen LogP contribution >= 0.6 is 22.6 Å². The highest BCUT2D eigenvalue weighted by molar-refractivity contribution is 14.1. The Morgan fingerprint density at radius 1 is 1.50 bits per heavy atom. The van der Waals surface area contributed by atoms with Crippen molar-refractivity contribution in [3.8, 4) is 0 Å². The van der Waals surface area contributed by atoms with E-state index in [4.69, 9.17) is 5.73 Å². The molecule has 86 valence electrons. The van der Waals surface area contributed by atoms with E-state index in [0.29, 0.717) is 12.1 Å². The Hall–Kier alpha value is -0.620. The van der Waals surface area contributed by atoms with E-state index in [1.807, 2.05) is 24.3 Å². The maximum atomic E-state index is 11.8. The van der Waals surface area contributed by atoms with Gasteiger partial charge in [-0.05, 0) is 60.1 Å². The van der Waals surface area contributed by atoms with Crippen LogP contribution in [0.1, 0.15) is 29.6 Å². The van der Waals surface area contributed by atoms with Crippen LogP contribution in [0, 0.1) is 3.57 Å². The summed E-state index contributed by atoms with van der Waals surface area (Å²) in [6.45, 7) is 0.581. The lowest BCUT2D eigenvalue weighted by Crippen LogP contribution is -2.54. The van der Waals surface area contributed by atoms with Gasteiger partial charge in [0.05, 0.1) is 0 Å². The van der Waals surface area contributed by atoms with E-state index in [9.17, 15) is 4.79 Å². The molecular formula is C12H15IN2O. The Bertz CT molecular complexity index is 402. The van der Waals surface area contributed by atoms with Gasteiger partial charge in [-0.15, -0.1) is 0 Å². The largest absolute Gasteiger partial charge is 0.350 e. The van der Waals surface area contributed by atoms with Gasteiger partial charge in [0.15, 0.2) is 0 Å². The standard InChI is InChI=1S/C12H15IN2O/c13-10-4-1-3-9(7-10)11(16)15-8-12(14)5-2-6-12/h1,3-4,7H,2,5-6,8,14H2,(H,15,16). The van der Waals surface area contributed by atoms with Crippen molar-refractivity contribution in [2.75, 3.05) is 6.54 Å². The third kappa shape index (κ3) is 2.74. The number of rotatable bonds is 3. The second-order valence-corrected chi connectivity index (χ2v) is 5.65. The zero-order valence-corrected chi connectivity index (χ0v) is 11.2. The molecule has 0 spiro atoms. The van der Waals surface area contributed by atoms with Crippen LogP contribution in [-0.2, 0) is 0 Å². The summed E-state index contributed by atoms with van der Waals surface area (Å²) in [4.78, 5) is 11.8. The maximum Gasteiger partial charge on any atom is 0.251 e. The molecule has 0 unspecified atom stereocenters. The molecule has 1 saturated carbocycles. The second kappa shape index (κ2) is 4.71. The molecule has 3 N–H and O–H groups in total. The Kier molecular flexibility index (Phi) is 3.49. The smallest absolute Gasteiger partial charge is 0.251 e. The Balaban J connectivity index is 1.93. The number of carbonyl (C=O) groups excluding carboxylic acids is 1. The molecular weight excluding hydrogens is 315 g/mol. The fourth-order valence-corrected chi connectivity index (χ4v) is 2.34. The fourth-order valence-electron chi connectivity index (χ4n) is 1.80. The van der Waals surface area contributed by atoms with Crippen LogP contribution in [0.3, 0.4) is 0 Å². The van der Waals surface area contributed by atoms with Crippen molar-refractivity contribution in [3.63, 3.8) is 0 Å². The minimum atomic E-state index is -0.155. The first kappa shape index (κ1) is 11.9. The van der Waals surface area contributed by atoms with Gasteiger partial charge in [0, 0.05) is 21.2 Å². The monoisotopic (exact) mass is 330 g/mol. The SMILES string of the molecule is NC1(CNC(=O)c2cccc(I)c2)CCC1. The predicted octanol–water partition coefficient (Wildman–Crippen LogP) is 1.90. The van der Waals surface area contributed by atoms with Crippen LogP contribution in [0.2, 0.25) is 0 Å². The zero-order chi connectivity index (χ0) is 11.6. The molecule has 0 aliphatic heterocycles. The number of carbonyl (C=O) groups is 1. The minimum Gasteiger partial charge on any atom is -0.350 e. The molecule has 2 rings (SSSR count). The van der Waals surface area contributed by atoms with E-state index in [1.54, 1.807) is 0 Å². The van der Waals surface area contributed by atoms with E-state index in [-0.39, 0.29) is 11.4 Å². The summed E-state index contributed by atoms with van der Waals surface area (Å²) in [6, 6.07) is 7.55. The first-order chi connectivity index (χ1) is 7.59. The first-order valence-electron chi connectivity index (χ1n) is 5.42. The fraction of sp³-hybridized carbons (Fsp3) is 0.417. The maximum absolute atomic E-state index is 11.8. The van der Waals surface area contributed by atoms with Gasteiger partial charge in [-0.25, -0.2) is 0 Å². The number of halogens is 1. The molecule has 3 nitrogen and oxygen atoms in total. The van der Waals surface area contributed by atoms with Crippen LogP contribution in [0.5, 0.6) is 0 Å². The van der Waals surface area contributed by atoms with Crippen molar-refractivity contribution < 1.29 is 4.79 Å². The summed E-state index contributed by atoms with van der Waals surface area (Å²) < 4.78 is 1.07.